The van der Waals surface area contributed by atoms with Crippen molar-refractivity contribution < 1.29 is 28.7 Å². The number of amides is 3. The highest BCUT2D eigenvalue weighted by Crippen LogP contribution is 2.35. The molecule has 1 saturated heterocycles. The first-order valence-electron chi connectivity index (χ1n) is 16.3. The summed E-state index contributed by atoms with van der Waals surface area (Å²) in [5, 5.41) is 5.71. The predicted octanol–water partition coefficient (Wildman–Crippen LogP) is 5.61. The van der Waals surface area contributed by atoms with E-state index in [9.17, 15) is 19.2 Å². The van der Waals surface area contributed by atoms with Gasteiger partial charge in [0.1, 0.15) is 29.5 Å². The molecule has 1 aromatic heterocycles. The number of benzene rings is 3. The first kappa shape index (κ1) is 33.3. The molecule has 2 N–H and O–H groups in total. The van der Waals surface area contributed by atoms with Crippen LogP contribution in [-0.4, -0.2) is 64.1 Å². The predicted molar refractivity (Wildman–Crippen MR) is 183 cm³/mol. The fourth-order valence-corrected chi connectivity index (χ4v) is 6.19. The van der Waals surface area contributed by atoms with Crippen LogP contribution in [0.2, 0.25) is 0 Å². The molecule has 1 atom stereocenters. The van der Waals surface area contributed by atoms with Crippen molar-refractivity contribution in [3.63, 3.8) is 0 Å². The van der Waals surface area contributed by atoms with Crippen LogP contribution in [-0.2, 0) is 15.0 Å². The van der Waals surface area contributed by atoms with Gasteiger partial charge < -0.3 is 19.7 Å². The first-order chi connectivity index (χ1) is 23.5. The van der Waals surface area contributed by atoms with Crippen LogP contribution in [0, 0.1) is 6.92 Å². The van der Waals surface area contributed by atoms with Crippen LogP contribution >= 0.6 is 0 Å². The molecule has 1 unspecified atom stereocenters. The Morgan fingerprint density at radius 3 is 2.29 bits per heavy atom. The van der Waals surface area contributed by atoms with E-state index in [0.717, 1.165) is 29.7 Å². The van der Waals surface area contributed by atoms with Gasteiger partial charge in [-0.15, -0.1) is 0 Å². The molecule has 1 aliphatic carbocycles. The summed E-state index contributed by atoms with van der Waals surface area (Å²) in [7, 11) is 1.51. The summed E-state index contributed by atoms with van der Waals surface area (Å²) in [6.45, 7) is 6.19. The van der Waals surface area contributed by atoms with Crippen LogP contribution in [0.1, 0.15) is 77.2 Å². The Morgan fingerprint density at radius 2 is 1.65 bits per heavy atom. The maximum atomic E-state index is 13.3. The molecule has 6 rings (SSSR count). The summed E-state index contributed by atoms with van der Waals surface area (Å²) in [6, 6.07) is 22.3. The highest BCUT2D eigenvalue weighted by atomic mass is 16.5. The molecule has 252 valence electrons. The fraction of sp³-hybridized carbons (Fsp3) is 0.316. The van der Waals surface area contributed by atoms with E-state index in [1.807, 2.05) is 31.2 Å². The number of nitrogens with zero attached hydrogens (tertiary/aromatic N) is 3. The number of aryl methyl sites for hydroxylation is 1. The third-order valence-corrected chi connectivity index (χ3v) is 9.30. The maximum absolute atomic E-state index is 13.3. The van der Waals surface area contributed by atoms with Gasteiger partial charge in [-0.05, 0) is 66.9 Å². The number of rotatable bonds is 11. The molecular formula is C38H39N5O6. The van der Waals surface area contributed by atoms with E-state index in [0.29, 0.717) is 29.4 Å². The van der Waals surface area contributed by atoms with Crippen molar-refractivity contribution in [1.82, 2.24) is 20.2 Å². The number of aromatic nitrogens is 2. The van der Waals surface area contributed by atoms with Crippen LogP contribution in [0.3, 0.4) is 0 Å². The number of aldehydes is 1. The third-order valence-electron chi connectivity index (χ3n) is 9.30. The molecule has 0 spiro atoms. The van der Waals surface area contributed by atoms with E-state index in [1.54, 1.807) is 30.5 Å². The Hall–Kier alpha value is -5.58. The van der Waals surface area contributed by atoms with Gasteiger partial charge in [0.25, 0.3) is 5.91 Å². The van der Waals surface area contributed by atoms with Gasteiger partial charge in [-0.25, -0.2) is 4.98 Å². The molecule has 2 heterocycles. The molecule has 0 radical (unpaired) electrons. The summed E-state index contributed by atoms with van der Waals surface area (Å²) < 4.78 is 12.1. The Bertz CT molecular complexity index is 1870. The topological polar surface area (TPSA) is 140 Å². The monoisotopic (exact) mass is 661 g/mol. The zero-order valence-corrected chi connectivity index (χ0v) is 27.9. The van der Waals surface area contributed by atoms with E-state index in [2.05, 4.69) is 58.7 Å². The SMILES string of the molecule is Cc1nccc(Oc2ccc(C(C)(C)c3ccc(O[C@H]4C[C@@H](Nc5ccc(C=O)c(C(=O)N(C)C6CCC(=O)NC6=O)c5)C4)cc3)cc2)n1. The Balaban J connectivity index is 1.02. The second kappa shape index (κ2) is 13.9. The number of carbonyl (C=O) groups is 4. The highest BCUT2D eigenvalue weighted by Gasteiger charge is 2.34. The summed E-state index contributed by atoms with van der Waals surface area (Å²) in [5.41, 5.74) is 3.18. The minimum Gasteiger partial charge on any atom is -0.490 e. The van der Waals surface area contributed by atoms with Gasteiger partial charge in [0.2, 0.25) is 17.7 Å². The van der Waals surface area contributed by atoms with Crippen molar-refractivity contribution in [3.05, 3.63) is 107 Å². The van der Waals surface area contributed by atoms with E-state index < -0.39 is 17.9 Å². The second-order valence-corrected chi connectivity index (χ2v) is 13.1. The van der Waals surface area contributed by atoms with Crippen molar-refractivity contribution in [2.24, 2.45) is 0 Å². The number of imide groups is 1. The number of ether oxygens (including phenoxy) is 2. The minimum absolute atomic E-state index is 0.0385. The van der Waals surface area contributed by atoms with Crippen molar-refractivity contribution in [1.29, 1.82) is 0 Å². The molecule has 2 aliphatic rings. The van der Waals surface area contributed by atoms with E-state index in [-0.39, 0.29) is 47.4 Å². The number of nitrogens with one attached hydrogen (secondary N) is 2. The van der Waals surface area contributed by atoms with Crippen molar-refractivity contribution >= 4 is 29.7 Å². The molecule has 1 saturated carbocycles. The van der Waals surface area contributed by atoms with Crippen LogP contribution in [0.4, 0.5) is 5.69 Å². The standard InChI is InChI=1S/C38H39N5O6/c1-23-39-18-17-35(40-23)49-30-13-8-26(9-14-30)38(2,3)25-6-11-29(12-7-25)48-31-19-28(20-31)41-27-10-5-24(22-44)32(21-27)37(47)43(4)33-15-16-34(45)42-36(33)46/h5-14,17-18,21-22,28,31,33,41H,15-16,19-20H2,1-4H3,(H,42,45,46)/t28-,31+,33?. The van der Waals surface area contributed by atoms with E-state index in [1.165, 1.54) is 11.9 Å². The Kier molecular flexibility index (Phi) is 9.44. The van der Waals surface area contributed by atoms with Crippen LogP contribution in [0.25, 0.3) is 0 Å². The average Bonchev–Trinajstić information content (AvgIpc) is 3.07. The zero-order valence-electron chi connectivity index (χ0n) is 27.9. The van der Waals surface area contributed by atoms with Gasteiger partial charge in [0, 0.05) is 61.3 Å². The van der Waals surface area contributed by atoms with Gasteiger partial charge in [0.05, 0.1) is 5.56 Å². The lowest BCUT2D eigenvalue weighted by molar-refractivity contribution is -0.136. The number of hydrogen-bond acceptors (Lipinski definition) is 9. The van der Waals surface area contributed by atoms with Gasteiger partial charge >= 0.3 is 0 Å². The first-order valence-corrected chi connectivity index (χ1v) is 16.3. The summed E-state index contributed by atoms with van der Waals surface area (Å²) in [4.78, 5) is 58.6. The van der Waals surface area contributed by atoms with Gasteiger partial charge in [-0.3, -0.25) is 24.5 Å². The van der Waals surface area contributed by atoms with Crippen LogP contribution in [0.5, 0.6) is 17.4 Å². The summed E-state index contributed by atoms with van der Waals surface area (Å²) in [5.74, 6) is 1.34. The van der Waals surface area contributed by atoms with E-state index >= 15 is 0 Å². The third kappa shape index (κ3) is 7.45. The summed E-state index contributed by atoms with van der Waals surface area (Å²) in [6.07, 6.45) is 4.27. The molecule has 11 heteroatoms. The van der Waals surface area contributed by atoms with Gasteiger partial charge in [-0.2, -0.15) is 4.98 Å². The Labute approximate surface area is 285 Å². The van der Waals surface area contributed by atoms with Crippen molar-refractivity contribution in [2.45, 2.75) is 70.1 Å². The molecule has 1 aliphatic heterocycles. The average molecular weight is 662 g/mol. The molecule has 3 aromatic carbocycles. The maximum Gasteiger partial charge on any atom is 0.255 e. The lowest BCUT2D eigenvalue weighted by atomic mass is 9.78. The molecular weight excluding hydrogens is 622 g/mol. The zero-order chi connectivity index (χ0) is 34.7. The van der Waals surface area contributed by atoms with Crippen molar-refractivity contribution in [3.8, 4) is 17.4 Å². The molecule has 2 fully saturated rings. The van der Waals surface area contributed by atoms with Crippen LogP contribution in [0.15, 0.2) is 79.0 Å². The molecule has 11 nitrogen and oxygen atoms in total. The van der Waals surface area contributed by atoms with Crippen molar-refractivity contribution in [2.75, 3.05) is 12.4 Å². The second-order valence-electron chi connectivity index (χ2n) is 13.1. The quantitative estimate of drug-likeness (QED) is 0.155. The molecule has 3 amide bonds. The Morgan fingerprint density at radius 1 is 0.980 bits per heavy atom. The summed E-state index contributed by atoms with van der Waals surface area (Å²) >= 11 is 0. The largest absolute Gasteiger partial charge is 0.490 e. The number of carbonyl (C=O) groups excluding carboxylic acids is 4. The molecule has 0 bridgehead atoms. The number of piperidine rings is 1. The van der Waals surface area contributed by atoms with Crippen LogP contribution < -0.4 is 20.1 Å². The molecule has 4 aromatic rings. The smallest absolute Gasteiger partial charge is 0.255 e. The lowest BCUT2D eigenvalue weighted by Gasteiger charge is -2.36. The fourth-order valence-electron chi connectivity index (χ4n) is 6.19. The minimum atomic E-state index is -0.779. The number of likely N-dealkylation sites (N-methyl/N-ethyl adjacent to an activating group) is 1. The number of anilines is 1. The van der Waals surface area contributed by atoms with Gasteiger partial charge in [-0.1, -0.05) is 38.1 Å². The van der Waals surface area contributed by atoms with E-state index in [4.69, 9.17) is 9.47 Å². The molecule has 49 heavy (non-hydrogen) atoms. The number of hydrogen-bond donors (Lipinski definition) is 2. The highest BCUT2D eigenvalue weighted by molar-refractivity contribution is 6.06. The normalized spacial score (nSPS) is 18.9. The lowest BCUT2D eigenvalue weighted by Crippen LogP contribution is -2.53. The van der Waals surface area contributed by atoms with Gasteiger partial charge in [0.15, 0.2) is 6.29 Å².